The first-order valence-corrected chi connectivity index (χ1v) is 10.5. The second kappa shape index (κ2) is 8.72. The van der Waals surface area contributed by atoms with E-state index in [1.165, 1.54) is 58.0 Å². The molecule has 25 heavy (non-hydrogen) atoms. The van der Waals surface area contributed by atoms with E-state index >= 15 is 0 Å². The summed E-state index contributed by atoms with van der Waals surface area (Å²) in [5, 5.41) is 7.30. The summed E-state index contributed by atoms with van der Waals surface area (Å²) in [6.45, 7) is 8.65. The maximum atomic E-state index is 5.66. The van der Waals surface area contributed by atoms with Crippen LogP contribution in [0.15, 0.2) is 4.99 Å². The van der Waals surface area contributed by atoms with Crippen molar-refractivity contribution in [1.29, 1.82) is 0 Å². The van der Waals surface area contributed by atoms with Crippen LogP contribution in [0.2, 0.25) is 0 Å². The van der Waals surface area contributed by atoms with Crippen LogP contribution in [0.5, 0.6) is 0 Å². The van der Waals surface area contributed by atoms with Gasteiger partial charge in [0.1, 0.15) is 0 Å². The average Bonchev–Trinajstić information content (AvgIpc) is 3.35. The van der Waals surface area contributed by atoms with Crippen molar-refractivity contribution in [2.45, 2.75) is 70.3 Å². The molecule has 5 heteroatoms. The first kappa shape index (κ1) is 19.0. The van der Waals surface area contributed by atoms with E-state index in [1.807, 2.05) is 7.05 Å². The fourth-order valence-electron chi connectivity index (χ4n) is 5.07. The molecule has 0 radical (unpaired) electrons. The van der Waals surface area contributed by atoms with Crippen LogP contribution in [-0.2, 0) is 4.74 Å². The van der Waals surface area contributed by atoms with Crippen LogP contribution in [0.4, 0.5) is 0 Å². The minimum absolute atomic E-state index is 0.252. The third kappa shape index (κ3) is 4.48. The maximum absolute atomic E-state index is 5.66. The number of nitrogens with zero attached hydrogens (tertiary/aromatic N) is 2. The Morgan fingerprint density at radius 2 is 1.60 bits per heavy atom. The van der Waals surface area contributed by atoms with E-state index < -0.39 is 0 Å². The van der Waals surface area contributed by atoms with Gasteiger partial charge < -0.3 is 15.4 Å². The predicted octanol–water partition coefficient (Wildman–Crippen LogP) is 2.77. The molecule has 3 fully saturated rings. The molecule has 2 aliphatic heterocycles. The van der Waals surface area contributed by atoms with Gasteiger partial charge >= 0.3 is 0 Å². The summed E-state index contributed by atoms with van der Waals surface area (Å²) in [4.78, 5) is 7.21. The molecule has 3 rings (SSSR count). The van der Waals surface area contributed by atoms with Crippen molar-refractivity contribution in [1.82, 2.24) is 15.5 Å². The molecule has 2 N–H and O–H groups in total. The molecule has 0 aromatic carbocycles. The SMILES string of the molecule is CCC1(CNC(=NC)NCC2(N3CCCC3)CCOCC2)CCCC1. The molecule has 2 heterocycles. The molecule has 0 spiro atoms. The predicted molar refractivity (Wildman–Crippen MR) is 104 cm³/mol. The van der Waals surface area contributed by atoms with Crippen molar-refractivity contribution in [3.05, 3.63) is 0 Å². The van der Waals surface area contributed by atoms with Crippen molar-refractivity contribution >= 4 is 5.96 Å². The van der Waals surface area contributed by atoms with Gasteiger partial charge in [0.2, 0.25) is 0 Å². The van der Waals surface area contributed by atoms with E-state index in [2.05, 4.69) is 27.4 Å². The van der Waals surface area contributed by atoms with E-state index in [-0.39, 0.29) is 5.54 Å². The number of guanidine groups is 1. The molecular weight excluding hydrogens is 312 g/mol. The zero-order chi connectivity index (χ0) is 17.6. The Bertz CT molecular complexity index is 433. The van der Waals surface area contributed by atoms with Crippen LogP contribution in [0.1, 0.15) is 64.7 Å². The van der Waals surface area contributed by atoms with Gasteiger partial charge in [-0.2, -0.15) is 0 Å². The van der Waals surface area contributed by atoms with Crippen LogP contribution >= 0.6 is 0 Å². The number of rotatable bonds is 6. The molecule has 0 atom stereocenters. The van der Waals surface area contributed by atoms with Crippen molar-refractivity contribution < 1.29 is 4.74 Å². The Labute approximate surface area is 154 Å². The van der Waals surface area contributed by atoms with Gasteiger partial charge in [0.15, 0.2) is 5.96 Å². The Kier molecular flexibility index (Phi) is 6.61. The topological polar surface area (TPSA) is 48.9 Å². The summed E-state index contributed by atoms with van der Waals surface area (Å²) in [5.74, 6) is 0.977. The van der Waals surface area contributed by atoms with Gasteiger partial charge in [0.25, 0.3) is 0 Å². The second-order valence-corrected chi connectivity index (χ2v) is 8.37. The molecule has 0 bridgehead atoms. The lowest BCUT2D eigenvalue weighted by atomic mass is 9.83. The Balaban J connectivity index is 1.55. The molecule has 1 saturated carbocycles. The van der Waals surface area contributed by atoms with E-state index in [1.54, 1.807) is 0 Å². The van der Waals surface area contributed by atoms with Crippen LogP contribution < -0.4 is 10.6 Å². The lowest BCUT2D eigenvalue weighted by Gasteiger charge is -2.45. The molecule has 0 aromatic heterocycles. The zero-order valence-electron chi connectivity index (χ0n) is 16.4. The molecule has 1 aliphatic carbocycles. The third-order valence-electron chi connectivity index (χ3n) is 7.05. The number of hydrogen-bond acceptors (Lipinski definition) is 3. The highest BCUT2D eigenvalue weighted by molar-refractivity contribution is 5.79. The first-order valence-electron chi connectivity index (χ1n) is 10.5. The molecule has 144 valence electrons. The van der Waals surface area contributed by atoms with Crippen molar-refractivity contribution in [3.63, 3.8) is 0 Å². The minimum Gasteiger partial charge on any atom is -0.381 e. The highest BCUT2D eigenvalue weighted by Gasteiger charge is 2.39. The minimum atomic E-state index is 0.252. The summed E-state index contributed by atoms with van der Waals surface area (Å²) in [7, 11) is 1.90. The van der Waals surface area contributed by atoms with Gasteiger partial charge in [-0.25, -0.2) is 0 Å². The quantitative estimate of drug-likeness (QED) is 0.571. The van der Waals surface area contributed by atoms with Gasteiger partial charge in [-0.3, -0.25) is 9.89 Å². The van der Waals surface area contributed by atoms with Crippen LogP contribution in [-0.4, -0.2) is 62.8 Å². The fourth-order valence-corrected chi connectivity index (χ4v) is 5.07. The normalized spacial score (nSPS) is 26.7. The van der Waals surface area contributed by atoms with Crippen molar-refractivity contribution in [2.24, 2.45) is 10.4 Å². The lowest BCUT2D eigenvalue weighted by molar-refractivity contribution is -0.0164. The second-order valence-electron chi connectivity index (χ2n) is 8.37. The van der Waals surface area contributed by atoms with Gasteiger partial charge in [0.05, 0.1) is 0 Å². The number of likely N-dealkylation sites (tertiary alicyclic amines) is 1. The van der Waals surface area contributed by atoms with Crippen molar-refractivity contribution in [3.8, 4) is 0 Å². The van der Waals surface area contributed by atoms with Gasteiger partial charge in [-0.05, 0) is 63.5 Å². The van der Waals surface area contributed by atoms with Crippen LogP contribution in [0.3, 0.4) is 0 Å². The molecule has 0 aromatic rings. The summed E-state index contributed by atoms with van der Waals surface area (Å²) in [5.41, 5.74) is 0.741. The molecule has 0 amide bonds. The van der Waals surface area contributed by atoms with E-state index in [0.717, 1.165) is 45.1 Å². The molecule has 0 unspecified atom stereocenters. The number of nitrogens with one attached hydrogen (secondary N) is 2. The Morgan fingerprint density at radius 3 is 2.20 bits per heavy atom. The summed E-state index contributed by atoms with van der Waals surface area (Å²) >= 11 is 0. The van der Waals surface area contributed by atoms with E-state index in [9.17, 15) is 0 Å². The molecule has 2 saturated heterocycles. The summed E-state index contributed by atoms with van der Waals surface area (Å²) in [6, 6.07) is 0. The highest BCUT2D eigenvalue weighted by Crippen LogP contribution is 2.40. The fraction of sp³-hybridized carbons (Fsp3) is 0.950. The Morgan fingerprint density at radius 1 is 0.960 bits per heavy atom. The van der Waals surface area contributed by atoms with Gasteiger partial charge in [-0.15, -0.1) is 0 Å². The standard InChI is InChI=1S/C20H38N4O/c1-3-19(8-4-5-9-19)16-22-18(21-2)23-17-20(10-14-25-15-11-20)24-12-6-7-13-24/h3-17H2,1-2H3,(H2,21,22,23). The number of aliphatic imine (C=N–C) groups is 1. The monoisotopic (exact) mass is 350 g/mol. The summed E-state index contributed by atoms with van der Waals surface area (Å²) < 4.78 is 5.66. The molecular formula is C20H38N4O. The lowest BCUT2D eigenvalue weighted by Crippen LogP contribution is -2.59. The van der Waals surface area contributed by atoms with E-state index in [4.69, 9.17) is 4.74 Å². The van der Waals surface area contributed by atoms with Crippen LogP contribution in [0.25, 0.3) is 0 Å². The maximum Gasteiger partial charge on any atom is 0.191 e. The first-order chi connectivity index (χ1) is 12.2. The number of ether oxygens (including phenoxy) is 1. The average molecular weight is 351 g/mol. The van der Waals surface area contributed by atoms with Gasteiger partial charge in [0, 0.05) is 38.9 Å². The van der Waals surface area contributed by atoms with Gasteiger partial charge in [-0.1, -0.05) is 19.8 Å². The zero-order valence-corrected chi connectivity index (χ0v) is 16.4. The molecule has 5 nitrogen and oxygen atoms in total. The highest BCUT2D eigenvalue weighted by atomic mass is 16.5. The largest absolute Gasteiger partial charge is 0.381 e. The van der Waals surface area contributed by atoms with E-state index in [0.29, 0.717) is 5.41 Å². The Hall–Kier alpha value is -0.810. The smallest absolute Gasteiger partial charge is 0.191 e. The third-order valence-corrected chi connectivity index (χ3v) is 7.05. The van der Waals surface area contributed by atoms with Crippen LogP contribution in [0, 0.1) is 5.41 Å². The number of hydrogen-bond donors (Lipinski definition) is 2. The molecule has 3 aliphatic rings. The van der Waals surface area contributed by atoms with Crippen molar-refractivity contribution in [2.75, 3.05) is 46.4 Å². The summed E-state index contributed by atoms with van der Waals surface area (Å²) in [6.07, 6.45) is 11.7.